The van der Waals surface area contributed by atoms with E-state index in [1.54, 1.807) is 0 Å². The van der Waals surface area contributed by atoms with Crippen LogP contribution < -0.4 is 10.1 Å². The first-order chi connectivity index (χ1) is 9.03. The van der Waals surface area contributed by atoms with Crippen molar-refractivity contribution < 1.29 is 4.74 Å². The van der Waals surface area contributed by atoms with Crippen LogP contribution in [0.4, 0.5) is 0 Å². The third-order valence-electron chi connectivity index (χ3n) is 2.95. The van der Waals surface area contributed by atoms with Gasteiger partial charge in [0.1, 0.15) is 5.75 Å². The number of ether oxygens (including phenoxy) is 1. The minimum Gasteiger partial charge on any atom is -0.493 e. The maximum Gasteiger partial charge on any atom is 0.123 e. The second kappa shape index (κ2) is 8.21. The summed E-state index contributed by atoms with van der Waals surface area (Å²) in [6.07, 6.45) is 3.61. The Hall–Kier alpha value is -1.02. The molecule has 0 radical (unpaired) electrons. The van der Waals surface area contributed by atoms with E-state index >= 15 is 0 Å². The Balaban J connectivity index is 2.44. The number of rotatable bonds is 8. The molecule has 1 aromatic rings. The molecule has 1 aromatic carbocycles. The molecule has 2 nitrogen and oxygen atoms in total. The van der Waals surface area contributed by atoms with E-state index in [1.807, 2.05) is 6.07 Å². The molecule has 0 bridgehead atoms. The molecule has 108 valence electrons. The summed E-state index contributed by atoms with van der Waals surface area (Å²) in [6.45, 7) is 11.7. The molecule has 0 amide bonds. The number of nitrogens with one attached hydrogen (secondary N) is 1. The van der Waals surface area contributed by atoms with E-state index in [0.717, 1.165) is 31.9 Å². The second-order valence-corrected chi connectivity index (χ2v) is 6.33. The molecule has 2 heteroatoms. The van der Waals surface area contributed by atoms with Crippen LogP contribution in [0.1, 0.15) is 52.5 Å². The van der Waals surface area contributed by atoms with Gasteiger partial charge in [0, 0.05) is 18.7 Å². The van der Waals surface area contributed by atoms with Gasteiger partial charge in [0.2, 0.25) is 0 Å². The minimum atomic E-state index is 0.316. The highest BCUT2D eigenvalue weighted by atomic mass is 16.5. The SMILES string of the molecule is CCCCCOc1ccccc1CNCC(C)(C)C. The summed E-state index contributed by atoms with van der Waals surface area (Å²) in [7, 11) is 0. The predicted molar refractivity (Wildman–Crippen MR) is 82.6 cm³/mol. The summed E-state index contributed by atoms with van der Waals surface area (Å²) >= 11 is 0. The van der Waals surface area contributed by atoms with Crippen LogP contribution in [0.2, 0.25) is 0 Å². The lowest BCUT2D eigenvalue weighted by atomic mass is 9.97. The van der Waals surface area contributed by atoms with E-state index in [-0.39, 0.29) is 0 Å². The molecule has 19 heavy (non-hydrogen) atoms. The van der Waals surface area contributed by atoms with Crippen LogP contribution in [0.25, 0.3) is 0 Å². The summed E-state index contributed by atoms with van der Waals surface area (Å²) < 4.78 is 5.88. The first kappa shape index (κ1) is 16.0. The van der Waals surface area contributed by atoms with Gasteiger partial charge in [0.15, 0.2) is 0 Å². The smallest absolute Gasteiger partial charge is 0.123 e. The quantitative estimate of drug-likeness (QED) is 0.702. The highest BCUT2D eigenvalue weighted by molar-refractivity contribution is 5.33. The van der Waals surface area contributed by atoms with Gasteiger partial charge < -0.3 is 10.1 Å². The fraction of sp³-hybridized carbons (Fsp3) is 0.647. The largest absolute Gasteiger partial charge is 0.493 e. The highest BCUT2D eigenvalue weighted by Crippen LogP contribution is 2.19. The van der Waals surface area contributed by atoms with Gasteiger partial charge in [-0.15, -0.1) is 0 Å². The Morgan fingerprint density at radius 3 is 2.53 bits per heavy atom. The van der Waals surface area contributed by atoms with Gasteiger partial charge >= 0.3 is 0 Å². The average molecular weight is 263 g/mol. The van der Waals surface area contributed by atoms with Gasteiger partial charge in [-0.05, 0) is 17.9 Å². The number of hydrogen-bond donors (Lipinski definition) is 1. The monoisotopic (exact) mass is 263 g/mol. The summed E-state index contributed by atoms with van der Waals surface area (Å²) in [6, 6.07) is 8.33. The van der Waals surface area contributed by atoms with Crippen LogP contribution in [-0.4, -0.2) is 13.2 Å². The van der Waals surface area contributed by atoms with Gasteiger partial charge in [-0.3, -0.25) is 0 Å². The fourth-order valence-corrected chi connectivity index (χ4v) is 1.90. The molecule has 1 N–H and O–H groups in total. The second-order valence-electron chi connectivity index (χ2n) is 6.33. The van der Waals surface area contributed by atoms with Crippen molar-refractivity contribution >= 4 is 0 Å². The molecule has 0 saturated carbocycles. The lowest BCUT2D eigenvalue weighted by Gasteiger charge is -2.19. The van der Waals surface area contributed by atoms with Gasteiger partial charge in [0.25, 0.3) is 0 Å². The van der Waals surface area contributed by atoms with Gasteiger partial charge in [0.05, 0.1) is 6.61 Å². The molecule has 0 saturated heterocycles. The zero-order valence-electron chi connectivity index (χ0n) is 13.0. The Morgan fingerprint density at radius 1 is 1.11 bits per heavy atom. The van der Waals surface area contributed by atoms with Crippen LogP contribution in [0, 0.1) is 5.41 Å². The van der Waals surface area contributed by atoms with E-state index in [2.05, 4.69) is 51.2 Å². The third kappa shape index (κ3) is 7.22. The first-order valence-corrected chi connectivity index (χ1v) is 7.44. The van der Waals surface area contributed by atoms with Crippen molar-refractivity contribution in [3.8, 4) is 5.75 Å². The predicted octanol–water partition coefficient (Wildman–Crippen LogP) is 4.39. The minimum absolute atomic E-state index is 0.316. The zero-order valence-corrected chi connectivity index (χ0v) is 13.0. The van der Waals surface area contributed by atoms with E-state index in [1.165, 1.54) is 18.4 Å². The van der Waals surface area contributed by atoms with E-state index in [4.69, 9.17) is 4.74 Å². The maximum absolute atomic E-state index is 5.88. The van der Waals surface area contributed by atoms with E-state index < -0.39 is 0 Å². The normalized spacial score (nSPS) is 11.6. The van der Waals surface area contributed by atoms with E-state index in [0.29, 0.717) is 5.41 Å². The van der Waals surface area contributed by atoms with Gasteiger partial charge in [-0.1, -0.05) is 58.7 Å². The highest BCUT2D eigenvalue weighted by Gasteiger charge is 2.10. The van der Waals surface area contributed by atoms with Crippen molar-refractivity contribution in [2.75, 3.05) is 13.2 Å². The van der Waals surface area contributed by atoms with Crippen molar-refractivity contribution in [2.45, 2.75) is 53.5 Å². The summed E-state index contributed by atoms with van der Waals surface area (Å²) in [5.41, 5.74) is 1.57. The summed E-state index contributed by atoms with van der Waals surface area (Å²) in [4.78, 5) is 0. The molecule has 0 fully saturated rings. The van der Waals surface area contributed by atoms with Crippen LogP contribution in [0.5, 0.6) is 5.75 Å². The van der Waals surface area contributed by atoms with Crippen molar-refractivity contribution in [3.63, 3.8) is 0 Å². The molecule has 0 aliphatic heterocycles. The van der Waals surface area contributed by atoms with Crippen molar-refractivity contribution in [1.82, 2.24) is 5.32 Å². The van der Waals surface area contributed by atoms with E-state index in [9.17, 15) is 0 Å². The Morgan fingerprint density at radius 2 is 1.84 bits per heavy atom. The molecule has 1 rings (SSSR count). The molecule has 0 aliphatic carbocycles. The fourth-order valence-electron chi connectivity index (χ4n) is 1.90. The van der Waals surface area contributed by atoms with Crippen molar-refractivity contribution in [3.05, 3.63) is 29.8 Å². The average Bonchev–Trinajstić information content (AvgIpc) is 2.35. The summed E-state index contributed by atoms with van der Waals surface area (Å²) in [5.74, 6) is 1.03. The van der Waals surface area contributed by atoms with Crippen LogP contribution >= 0.6 is 0 Å². The molecule has 0 aliphatic rings. The zero-order chi connectivity index (χ0) is 14.1. The third-order valence-corrected chi connectivity index (χ3v) is 2.95. The molecule has 0 unspecified atom stereocenters. The standard InChI is InChI=1S/C17H29NO/c1-5-6-9-12-19-16-11-8-7-10-15(16)13-18-14-17(2,3)4/h7-8,10-11,18H,5-6,9,12-14H2,1-4H3. The Kier molecular flexibility index (Phi) is 6.93. The molecular weight excluding hydrogens is 234 g/mol. The van der Waals surface area contributed by atoms with Crippen molar-refractivity contribution in [2.24, 2.45) is 5.41 Å². The Bertz CT molecular complexity index is 355. The first-order valence-electron chi connectivity index (χ1n) is 7.44. The molecule has 0 spiro atoms. The van der Waals surface area contributed by atoms with Crippen molar-refractivity contribution in [1.29, 1.82) is 0 Å². The lowest BCUT2D eigenvalue weighted by molar-refractivity contribution is 0.301. The number of para-hydroxylation sites is 1. The van der Waals surface area contributed by atoms with Gasteiger partial charge in [-0.25, -0.2) is 0 Å². The summed E-state index contributed by atoms with van der Waals surface area (Å²) in [5, 5.41) is 3.50. The molecule has 0 aromatic heterocycles. The Labute approximate surface area is 118 Å². The molecular formula is C17H29NO. The van der Waals surface area contributed by atoms with Crippen LogP contribution in [0.3, 0.4) is 0 Å². The topological polar surface area (TPSA) is 21.3 Å². The number of unbranched alkanes of at least 4 members (excludes halogenated alkanes) is 2. The maximum atomic E-state index is 5.88. The van der Waals surface area contributed by atoms with Crippen LogP contribution in [0.15, 0.2) is 24.3 Å². The molecule has 0 atom stereocenters. The number of benzene rings is 1. The van der Waals surface area contributed by atoms with Crippen LogP contribution in [-0.2, 0) is 6.54 Å². The van der Waals surface area contributed by atoms with Gasteiger partial charge in [-0.2, -0.15) is 0 Å². The lowest BCUT2D eigenvalue weighted by Crippen LogP contribution is -2.26. The number of hydrogen-bond acceptors (Lipinski definition) is 2. The molecule has 0 heterocycles.